The fourth-order valence-corrected chi connectivity index (χ4v) is 4.03. The van der Waals surface area contributed by atoms with Gasteiger partial charge >= 0.3 is 0 Å². The number of nitrogens with zero attached hydrogens (tertiary/aromatic N) is 2. The van der Waals surface area contributed by atoms with Crippen LogP contribution in [0.5, 0.6) is 0 Å². The molecule has 0 aliphatic rings. The van der Waals surface area contributed by atoms with E-state index in [1.54, 1.807) is 17.5 Å². The minimum atomic E-state index is -0.0647. The number of hydrogen-bond acceptors (Lipinski definition) is 4. The quantitative estimate of drug-likeness (QED) is 0.538. The summed E-state index contributed by atoms with van der Waals surface area (Å²) in [7, 11) is 0. The third-order valence-electron chi connectivity index (χ3n) is 4.36. The van der Waals surface area contributed by atoms with Crippen LogP contribution in [0.4, 0.5) is 5.69 Å². The number of para-hydroxylation sites is 1. The molecule has 0 fully saturated rings. The summed E-state index contributed by atoms with van der Waals surface area (Å²) < 4.78 is 0. The maximum atomic E-state index is 12.7. The lowest BCUT2D eigenvalue weighted by molar-refractivity contribution is -0.115. The molecule has 2 aromatic carbocycles. The Bertz CT molecular complexity index is 1110. The third kappa shape index (κ3) is 3.73. The second-order valence-corrected chi connectivity index (χ2v) is 7.76. The van der Waals surface area contributed by atoms with Crippen molar-refractivity contribution in [1.29, 1.82) is 0 Å². The van der Waals surface area contributed by atoms with Crippen molar-refractivity contribution in [3.63, 3.8) is 0 Å². The number of amides is 1. The van der Waals surface area contributed by atoms with E-state index in [0.29, 0.717) is 0 Å². The van der Waals surface area contributed by atoms with E-state index in [-0.39, 0.29) is 12.3 Å². The fourth-order valence-electron chi connectivity index (χ4n) is 3.07. The molecule has 4 aromatic rings. The van der Waals surface area contributed by atoms with Crippen LogP contribution in [-0.2, 0) is 11.2 Å². The van der Waals surface area contributed by atoms with Gasteiger partial charge in [-0.2, -0.15) is 0 Å². The van der Waals surface area contributed by atoms with Crippen LogP contribution in [0.25, 0.3) is 22.2 Å². The smallest absolute Gasteiger partial charge is 0.229 e. The summed E-state index contributed by atoms with van der Waals surface area (Å²) in [6, 6.07) is 17.9. The van der Waals surface area contributed by atoms with Crippen molar-refractivity contribution < 1.29 is 4.79 Å². The van der Waals surface area contributed by atoms with Gasteiger partial charge in [-0.05, 0) is 26.0 Å². The van der Waals surface area contributed by atoms with E-state index in [0.717, 1.165) is 37.7 Å². The molecule has 0 spiro atoms. The molecule has 1 N–H and O–H groups in total. The Balaban J connectivity index is 1.59. The first kappa shape index (κ1) is 17.4. The summed E-state index contributed by atoms with van der Waals surface area (Å²) in [4.78, 5) is 22.7. The van der Waals surface area contributed by atoms with Crippen LogP contribution in [-0.4, -0.2) is 15.9 Å². The van der Waals surface area contributed by atoms with Crippen LogP contribution in [0.3, 0.4) is 0 Å². The second kappa shape index (κ2) is 7.29. The van der Waals surface area contributed by atoms with Crippen molar-refractivity contribution in [2.75, 3.05) is 5.32 Å². The number of nitrogens with one attached hydrogen (secondary N) is 1. The van der Waals surface area contributed by atoms with E-state index in [4.69, 9.17) is 0 Å². The first-order valence-corrected chi connectivity index (χ1v) is 9.59. The van der Waals surface area contributed by atoms with Gasteiger partial charge in [0.05, 0.1) is 28.3 Å². The average Bonchev–Trinajstić information content (AvgIpc) is 3.02. The van der Waals surface area contributed by atoms with Crippen LogP contribution in [0.2, 0.25) is 0 Å². The number of anilines is 1. The van der Waals surface area contributed by atoms with Gasteiger partial charge in [0.25, 0.3) is 0 Å². The zero-order chi connectivity index (χ0) is 18.8. The molecule has 0 radical (unpaired) electrons. The maximum absolute atomic E-state index is 12.7. The average molecular weight is 373 g/mol. The van der Waals surface area contributed by atoms with Gasteiger partial charge in [-0.15, -0.1) is 11.3 Å². The molecule has 5 heteroatoms. The number of carbonyl (C=O) groups is 1. The zero-order valence-corrected chi connectivity index (χ0v) is 16.0. The summed E-state index contributed by atoms with van der Waals surface area (Å²) in [6.07, 6.45) is 2.03. The molecule has 2 heterocycles. The van der Waals surface area contributed by atoms with Crippen molar-refractivity contribution in [1.82, 2.24) is 9.97 Å². The van der Waals surface area contributed by atoms with E-state index in [1.165, 1.54) is 5.56 Å². The Kier molecular flexibility index (Phi) is 4.69. The molecule has 0 saturated carbocycles. The Morgan fingerprint density at radius 2 is 1.81 bits per heavy atom. The van der Waals surface area contributed by atoms with Gasteiger partial charge in [-0.3, -0.25) is 9.78 Å². The molecular formula is C22H19N3OS. The van der Waals surface area contributed by atoms with Gasteiger partial charge in [0, 0.05) is 22.0 Å². The SMILES string of the molecule is Cc1ccc(-c2nc(C)sc2CC(=O)Nc2cccc3cccnc23)cc1. The fraction of sp³-hybridized carbons (Fsp3) is 0.136. The summed E-state index contributed by atoms with van der Waals surface area (Å²) >= 11 is 1.57. The number of aromatic nitrogens is 2. The molecule has 0 unspecified atom stereocenters. The number of rotatable bonds is 4. The van der Waals surface area contributed by atoms with Crippen molar-refractivity contribution in [2.24, 2.45) is 0 Å². The van der Waals surface area contributed by atoms with Crippen molar-refractivity contribution in [3.05, 3.63) is 76.2 Å². The normalized spacial score (nSPS) is 10.9. The summed E-state index contributed by atoms with van der Waals surface area (Å²) in [5, 5.41) is 4.97. The van der Waals surface area contributed by atoms with Gasteiger partial charge < -0.3 is 5.32 Å². The highest BCUT2D eigenvalue weighted by atomic mass is 32.1. The molecule has 0 aliphatic carbocycles. The van der Waals surface area contributed by atoms with Crippen molar-refractivity contribution >= 4 is 33.8 Å². The maximum Gasteiger partial charge on any atom is 0.229 e. The lowest BCUT2D eigenvalue weighted by atomic mass is 10.1. The molecule has 2 aromatic heterocycles. The highest BCUT2D eigenvalue weighted by Gasteiger charge is 2.15. The summed E-state index contributed by atoms with van der Waals surface area (Å²) in [5.74, 6) is -0.0647. The lowest BCUT2D eigenvalue weighted by Gasteiger charge is -2.08. The predicted molar refractivity (Wildman–Crippen MR) is 111 cm³/mol. The zero-order valence-electron chi connectivity index (χ0n) is 15.2. The third-order valence-corrected chi connectivity index (χ3v) is 5.33. The van der Waals surface area contributed by atoms with Crippen molar-refractivity contribution in [3.8, 4) is 11.3 Å². The Morgan fingerprint density at radius 3 is 2.63 bits per heavy atom. The van der Waals surface area contributed by atoms with E-state index in [1.807, 2.05) is 37.3 Å². The number of benzene rings is 2. The summed E-state index contributed by atoms with van der Waals surface area (Å²) in [6.45, 7) is 4.03. The first-order chi connectivity index (χ1) is 13.1. The van der Waals surface area contributed by atoms with Crippen LogP contribution in [0, 0.1) is 13.8 Å². The van der Waals surface area contributed by atoms with Gasteiger partial charge in [0.2, 0.25) is 5.91 Å². The first-order valence-electron chi connectivity index (χ1n) is 8.77. The molecule has 1 amide bonds. The second-order valence-electron chi connectivity index (χ2n) is 6.48. The molecule has 0 atom stereocenters. The number of aryl methyl sites for hydroxylation is 2. The van der Waals surface area contributed by atoms with Crippen LogP contribution >= 0.6 is 11.3 Å². The van der Waals surface area contributed by atoms with Gasteiger partial charge in [-0.25, -0.2) is 4.98 Å². The van der Waals surface area contributed by atoms with Gasteiger partial charge in [-0.1, -0.05) is 48.0 Å². The number of hydrogen-bond donors (Lipinski definition) is 1. The molecule has 134 valence electrons. The molecular weight excluding hydrogens is 354 g/mol. The molecule has 4 nitrogen and oxygen atoms in total. The van der Waals surface area contributed by atoms with Crippen LogP contribution < -0.4 is 5.32 Å². The number of pyridine rings is 1. The molecule has 0 aliphatic heterocycles. The van der Waals surface area contributed by atoms with E-state index in [2.05, 4.69) is 46.5 Å². The summed E-state index contributed by atoms with van der Waals surface area (Å²) in [5.41, 5.74) is 4.67. The topological polar surface area (TPSA) is 54.9 Å². The molecule has 0 saturated heterocycles. The van der Waals surface area contributed by atoms with E-state index >= 15 is 0 Å². The Morgan fingerprint density at radius 1 is 1.04 bits per heavy atom. The highest BCUT2D eigenvalue weighted by molar-refractivity contribution is 7.12. The molecule has 4 rings (SSSR count). The lowest BCUT2D eigenvalue weighted by Crippen LogP contribution is -2.14. The Hall–Kier alpha value is -3.05. The highest BCUT2D eigenvalue weighted by Crippen LogP contribution is 2.29. The van der Waals surface area contributed by atoms with E-state index in [9.17, 15) is 4.79 Å². The molecule has 0 bridgehead atoms. The van der Waals surface area contributed by atoms with Gasteiger partial charge in [0.1, 0.15) is 0 Å². The van der Waals surface area contributed by atoms with E-state index < -0.39 is 0 Å². The van der Waals surface area contributed by atoms with Gasteiger partial charge in [0.15, 0.2) is 0 Å². The number of thiazole rings is 1. The monoisotopic (exact) mass is 373 g/mol. The number of carbonyl (C=O) groups excluding carboxylic acids is 1. The van der Waals surface area contributed by atoms with Crippen LogP contribution in [0.15, 0.2) is 60.8 Å². The molecule has 27 heavy (non-hydrogen) atoms. The largest absolute Gasteiger partial charge is 0.324 e. The van der Waals surface area contributed by atoms with Crippen LogP contribution in [0.1, 0.15) is 15.4 Å². The minimum absolute atomic E-state index is 0.0647. The standard InChI is InChI=1S/C22H19N3OS/c1-14-8-10-17(11-9-14)22-19(27-15(2)24-22)13-20(26)25-18-7-3-5-16-6-4-12-23-21(16)18/h3-12H,13H2,1-2H3,(H,25,26). The Labute approximate surface area is 161 Å². The number of fused-ring (bicyclic) bond motifs is 1. The predicted octanol–water partition coefficient (Wildman–Crippen LogP) is 5.16. The van der Waals surface area contributed by atoms with Crippen molar-refractivity contribution in [2.45, 2.75) is 20.3 Å². The minimum Gasteiger partial charge on any atom is -0.324 e.